The molecule has 0 amide bonds. The Labute approximate surface area is 175 Å². The monoisotopic (exact) mass is 421 g/mol. The fraction of sp³-hybridized carbons (Fsp3) is 0. The number of carbonyl (C=O) groups is 2. The minimum atomic E-state index is -5.33. The molecule has 1 radical (unpaired) electrons. The number of rotatable bonds is 2. The Balaban J connectivity index is 0.00000261. The minimum Gasteiger partial charge on any atom is -0.397 e. The molecule has 0 unspecified atom stereocenters. The predicted octanol–water partition coefficient (Wildman–Crippen LogP) is -0.261. The van der Waals surface area contributed by atoms with Crippen molar-refractivity contribution in [1.29, 1.82) is 0 Å². The molecule has 0 saturated heterocycles. The van der Waals surface area contributed by atoms with E-state index in [0.29, 0.717) is 0 Å². The number of fused-ring (bicyclic) bond motifs is 2. The van der Waals surface area contributed by atoms with E-state index in [1.54, 1.807) is 0 Å². The van der Waals surface area contributed by atoms with Crippen LogP contribution >= 0.6 is 0 Å². The number of nitrogens with two attached hydrogens (primary N) is 2. The van der Waals surface area contributed by atoms with E-state index in [1.165, 1.54) is 24.3 Å². The number of benzene rings is 2. The third-order valence-electron chi connectivity index (χ3n) is 3.87. The number of carbonyl (C=O) groups excluding carboxylic acids is 2. The SMILES string of the molecule is Nc1c2c(c(N)c(S(=O)(=O)O)c1S(=O)(=O)O)C(=O)c1ccccc1C2=O.[Na]. The fourth-order valence-electron chi connectivity index (χ4n) is 2.87. The van der Waals surface area contributed by atoms with Gasteiger partial charge in [0.05, 0.1) is 22.5 Å². The Morgan fingerprint density at radius 3 is 1.26 bits per heavy atom. The molecule has 0 atom stereocenters. The zero-order chi connectivity index (χ0) is 19.6. The molecule has 0 heterocycles. The third kappa shape index (κ3) is 3.18. The molecule has 0 bridgehead atoms. The van der Waals surface area contributed by atoms with Gasteiger partial charge in [-0.3, -0.25) is 18.7 Å². The molecule has 1 aliphatic carbocycles. The quantitative estimate of drug-likeness (QED) is 0.243. The molecule has 2 aromatic rings. The van der Waals surface area contributed by atoms with E-state index in [0.717, 1.165) is 0 Å². The maximum absolute atomic E-state index is 12.7. The van der Waals surface area contributed by atoms with Crippen molar-refractivity contribution in [2.45, 2.75) is 9.79 Å². The molecular weight excluding hydrogens is 411 g/mol. The molecule has 13 heteroatoms. The summed E-state index contributed by atoms with van der Waals surface area (Å²) in [4.78, 5) is 22.5. The van der Waals surface area contributed by atoms with Crippen LogP contribution < -0.4 is 11.5 Å². The van der Waals surface area contributed by atoms with E-state index < -0.39 is 64.1 Å². The van der Waals surface area contributed by atoms with Crippen molar-refractivity contribution in [2.24, 2.45) is 0 Å². The van der Waals surface area contributed by atoms with E-state index in [4.69, 9.17) is 11.5 Å². The van der Waals surface area contributed by atoms with Gasteiger partial charge in [-0.15, -0.1) is 0 Å². The molecule has 137 valence electrons. The van der Waals surface area contributed by atoms with Crippen molar-refractivity contribution in [1.82, 2.24) is 0 Å². The van der Waals surface area contributed by atoms with Crippen LogP contribution in [0.4, 0.5) is 11.4 Å². The molecule has 0 fully saturated rings. The summed E-state index contributed by atoms with van der Waals surface area (Å²) in [5.41, 5.74) is 7.72. The van der Waals surface area contributed by atoms with Crippen LogP contribution in [0.3, 0.4) is 0 Å². The van der Waals surface area contributed by atoms with Gasteiger partial charge >= 0.3 is 0 Å². The first-order chi connectivity index (χ1) is 11.9. The van der Waals surface area contributed by atoms with Gasteiger partial charge in [-0.25, -0.2) is 0 Å². The van der Waals surface area contributed by atoms with Crippen LogP contribution in [0, 0.1) is 0 Å². The van der Waals surface area contributed by atoms with Crippen molar-refractivity contribution in [3.8, 4) is 0 Å². The van der Waals surface area contributed by atoms with Crippen molar-refractivity contribution in [3.05, 3.63) is 46.5 Å². The first kappa shape index (κ1) is 21.5. The number of anilines is 2. The zero-order valence-corrected chi connectivity index (χ0v) is 17.3. The summed E-state index contributed by atoms with van der Waals surface area (Å²) in [7, 11) is -10.7. The summed E-state index contributed by atoms with van der Waals surface area (Å²) in [5, 5.41) is 0. The molecule has 1 aliphatic rings. The first-order valence-electron chi connectivity index (χ1n) is 6.75. The summed E-state index contributed by atoms with van der Waals surface area (Å²) in [5.74, 6) is -1.77. The van der Waals surface area contributed by atoms with Crippen LogP contribution in [0.5, 0.6) is 0 Å². The normalized spacial score (nSPS) is 13.6. The van der Waals surface area contributed by atoms with E-state index in [9.17, 15) is 35.5 Å². The number of hydrogen-bond acceptors (Lipinski definition) is 8. The second-order valence-corrected chi connectivity index (χ2v) is 8.11. The van der Waals surface area contributed by atoms with Crippen molar-refractivity contribution >= 4 is 72.7 Å². The van der Waals surface area contributed by atoms with Gasteiger partial charge in [0.2, 0.25) is 0 Å². The number of ketones is 2. The van der Waals surface area contributed by atoms with Gasteiger partial charge in [0.1, 0.15) is 9.79 Å². The van der Waals surface area contributed by atoms with Gasteiger partial charge in [0.15, 0.2) is 11.6 Å². The Hall–Kier alpha value is -1.80. The van der Waals surface area contributed by atoms with Gasteiger partial charge in [-0.05, 0) is 0 Å². The molecular formula is C14H10N2NaO8S2. The average molecular weight is 421 g/mol. The minimum absolute atomic E-state index is 0. The average Bonchev–Trinajstić information content (AvgIpc) is 2.51. The first-order valence-corrected chi connectivity index (χ1v) is 9.63. The fourth-order valence-corrected chi connectivity index (χ4v) is 4.95. The van der Waals surface area contributed by atoms with Gasteiger partial charge in [0, 0.05) is 40.7 Å². The molecule has 27 heavy (non-hydrogen) atoms. The summed E-state index contributed by atoms with van der Waals surface area (Å²) >= 11 is 0. The molecule has 3 rings (SSSR count). The molecule has 0 aromatic heterocycles. The smallest absolute Gasteiger partial charge is 0.298 e. The summed E-state index contributed by atoms with van der Waals surface area (Å²) in [6.07, 6.45) is 0. The van der Waals surface area contributed by atoms with E-state index in [-0.39, 0.29) is 40.7 Å². The van der Waals surface area contributed by atoms with E-state index in [1.807, 2.05) is 0 Å². The second kappa shape index (κ2) is 6.67. The van der Waals surface area contributed by atoms with Gasteiger partial charge < -0.3 is 11.5 Å². The Bertz CT molecular complexity index is 1140. The zero-order valence-electron chi connectivity index (χ0n) is 13.6. The molecule has 10 nitrogen and oxygen atoms in total. The van der Waals surface area contributed by atoms with Crippen molar-refractivity contribution in [3.63, 3.8) is 0 Å². The maximum atomic E-state index is 12.7. The molecule has 0 saturated carbocycles. The third-order valence-corrected chi connectivity index (χ3v) is 5.88. The van der Waals surface area contributed by atoms with Crippen LogP contribution in [0.2, 0.25) is 0 Å². The van der Waals surface area contributed by atoms with Gasteiger partial charge in [0.25, 0.3) is 20.2 Å². The number of nitrogen functional groups attached to an aromatic ring is 2. The van der Waals surface area contributed by atoms with E-state index in [2.05, 4.69) is 0 Å². The van der Waals surface area contributed by atoms with Crippen LogP contribution in [0.15, 0.2) is 34.1 Å². The van der Waals surface area contributed by atoms with Crippen molar-refractivity contribution < 1.29 is 35.5 Å². The van der Waals surface area contributed by atoms with Crippen LogP contribution in [-0.4, -0.2) is 67.1 Å². The molecule has 0 aliphatic heterocycles. The predicted molar refractivity (Wildman–Crippen MR) is 94.0 cm³/mol. The maximum Gasteiger partial charge on any atom is 0.298 e. The summed E-state index contributed by atoms with van der Waals surface area (Å²) < 4.78 is 65.3. The Morgan fingerprint density at radius 2 is 1.00 bits per heavy atom. The topological polar surface area (TPSA) is 195 Å². The Kier molecular flexibility index (Phi) is 5.31. The molecule has 0 spiro atoms. The Morgan fingerprint density at radius 1 is 0.704 bits per heavy atom. The summed E-state index contributed by atoms with van der Waals surface area (Å²) in [6, 6.07) is 5.48. The molecule has 6 N–H and O–H groups in total. The van der Waals surface area contributed by atoms with Crippen LogP contribution in [0.1, 0.15) is 31.8 Å². The number of hydrogen-bond donors (Lipinski definition) is 4. The van der Waals surface area contributed by atoms with E-state index >= 15 is 0 Å². The molecule has 2 aromatic carbocycles. The van der Waals surface area contributed by atoms with Crippen LogP contribution in [0.25, 0.3) is 0 Å². The van der Waals surface area contributed by atoms with Crippen molar-refractivity contribution in [2.75, 3.05) is 11.5 Å². The second-order valence-electron chi connectivity index (χ2n) is 5.39. The van der Waals surface area contributed by atoms with Crippen LogP contribution in [-0.2, 0) is 20.2 Å². The largest absolute Gasteiger partial charge is 0.397 e. The summed E-state index contributed by atoms with van der Waals surface area (Å²) in [6.45, 7) is 0. The van der Waals surface area contributed by atoms with Gasteiger partial charge in [-0.2, -0.15) is 16.8 Å². The van der Waals surface area contributed by atoms with Gasteiger partial charge in [-0.1, -0.05) is 24.3 Å². The standard InChI is InChI=1S/C14H10N2O8S2.Na/c15-9-7-8(12(18)6-4-2-1-3-5(6)11(7)17)10(16)14(26(22,23)24)13(9)25(19,20)21;/h1-4H,15-16H2,(H,19,20,21)(H,22,23,24);.